The number of para-hydroxylation sites is 1. The van der Waals surface area contributed by atoms with E-state index in [2.05, 4.69) is 17.2 Å². The molecule has 38 heavy (non-hydrogen) atoms. The molecular formula is C31H43N3O4. The van der Waals surface area contributed by atoms with E-state index in [0.717, 1.165) is 16.7 Å². The van der Waals surface area contributed by atoms with Crippen LogP contribution in [0.5, 0.6) is 0 Å². The number of aryl methyl sites for hydroxylation is 3. The zero-order valence-electron chi connectivity index (χ0n) is 24.1. The molecule has 0 radical (unpaired) electrons. The van der Waals surface area contributed by atoms with Gasteiger partial charge >= 0.3 is 6.09 Å². The third-order valence-corrected chi connectivity index (χ3v) is 5.99. The van der Waals surface area contributed by atoms with Crippen LogP contribution in [-0.2, 0) is 14.3 Å². The van der Waals surface area contributed by atoms with Gasteiger partial charge in [-0.15, -0.1) is 6.58 Å². The number of anilines is 1. The Bertz CT molecular complexity index is 1110. The Morgan fingerprint density at radius 2 is 1.58 bits per heavy atom. The average Bonchev–Trinajstić information content (AvgIpc) is 2.80. The van der Waals surface area contributed by atoms with E-state index in [1.54, 1.807) is 26.8 Å². The Kier molecular flexibility index (Phi) is 10.7. The van der Waals surface area contributed by atoms with Crippen molar-refractivity contribution in [2.75, 3.05) is 11.9 Å². The fraction of sp³-hybridized carbons (Fsp3) is 0.452. The van der Waals surface area contributed by atoms with Crippen LogP contribution in [-0.4, -0.2) is 41.0 Å². The van der Waals surface area contributed by atoms with Gasteiger partial charge in [0, 0.05) is 12.2 Å². The lowest BCUT2D eigenvalue weighted by molar-refractivity contribution is -0.140. The SMILES string of the molecule is C=CCN(C(=O)C(CC(C)C)NC(=O)OC(C)(C)C)C(C(=O)Nc1c(C)cccc1C)c1ccc(C)cc1. The van der Waals surface area contributed by atoms with Crippen LogP contribution < -0.4 is 10.6 Å². The van der Waals surface area contributed by atoms with Crippen molar-refractivity contribution in [1.82, 2.24) is 10.2 Å². The molecule has 0 fully saturated rings. The lowest BCUT2D eigenvalue weighted by Crippen LogP contribution is -2.52. The number of ether oxygens (including phenoxy) is 1. The molecular weight excluding hydrogens is 478 g/mol. The normalized spacial score (nSPS) is 12.9. The first kappa shape index (κ1) is 30.6. The van der Waals surface area contributed by atoms with E-state index in [4.69, 9.17) is 4.74 Å². The highest BCUT2D eigenvalue weighted by atomic mass is 16.6. The summed E-state index contributed by atoms with van der Waals surface area (Å²) in [5, 5.41) is 5.81. The van der Waals surface area contributed by atoms with Gasteiger partial charge in [-0.3, -0.25) is 9.59 Å². The standard InChI is InChI=1S/C31H43N3O4/c1-10-18-34(29(36)25(19-20(2)3)32-30(37)38-31(7,8)9)27(24-16-14-21(4)15-17-24)28(35)33-26-22(5)12-11-13-23(26)6/h10-17,20,25,27H,1,18-19H2,2-9H3,(H,32,37)(H,33,35). The summed E-state index contributed by atoms with van der Waals surface area (Å²) < 4.78 is 5.43. The Labute approximate surface area is 227 Å². The molecule has 0 bridgehead atoms. The number of benzene rings is 2. The topological polar surface area (TPSA) is 87.7 Å². The molecule has 0 aromatic heterocycles. The number of alkyl carbamates (subject to hydrolysis) is 1. The third kappa shape index (κ3) is 8.75. The molecule has 2 unspecified atom stereocenters. The fourth-order valence-electron chi connectivity index (χ4n) is 4.23. The maximum atomic E-state index is 14.1. The van der Waals surface area contributed by atoms with E-state index in [0.29, 0.717) is 17.7 Å². The van der Waals surface area contributed by atoms with Crippen LogP contribution in [0.4, 0.5) is 10.5 Å². The second-order valence-electron chi connectivity index (χ2n) is 11.2. The molecule has 0 aliphatic carbocycles. The molecule has 0 heterocycles. The maximum Gasteiger partial charge on any atom is 0.408 e. The first-order chi connectivity index (χ1) is 17.7. The number of hydrogen-bond donors (Lipinski definition) is 2. The van der Waals surface area contributed by atoms with Crippen molar-refractivity contribution in [2.45, 2.75) is 79.5 Å². The van der Waals surface area contributed by atoms with Gasteiger partial charge in [-0.25, -0.2) is 4.79 Å². The van der Waals surface area contributed by atoms with E-state index < -0.39 is 23.8 Å². The average molecular weight is 522 g/mol. The van der Waals surface area contributed by atoms with E-state index >= 15 is 0 Å². The van der Waals surface area contributed by atoms with Crippen LogP contribution in [0.1, 0.15) is 69.3 Å². The zero-order valence-corrected chi connectivity index (χ0v) is 24.1. The van der Waals surface area contributed by atoms with Crippen LogP contribution in [0.25, 0.3) is 0 Å². The molecule has 0 saturated carbocycles. The van der Waals surface area contributed by atoms with Crippen LogP contribution in [0.15, 0.2) is 55.1 Å². The van der Waals surface area contributed by atoms with Crippen molar-refractivity contribution in [3.63, 3.8) is 0 Å². The van der Waals surface area contributed by atoms with E-state index in [9.17, 15) is 14.4 Å². The van der Waals surface area contributed by atoms with Gasteiger partial charge in [-0.1, -0.05) is 68.0 Å². The molecule has 0 spiro atoms. The highest BCUT2D eigenvalue weighted by Gasteiger charge is 2.36. The van der Waals surface area contributed by atoms with Gasteiger partial charge in [0.15, 0.2) is 0 Å². The lowest BCUT2D eigenvalue weighted by Gasteiger charge is -2.34. The van der Waals surface area contributed by atoms with Crippen LogP contribution in [0, 0.1) is 26.7 Å². The Morgan fingerprint density at radius 3 is 2.08 bits per heavy atom. The summed E-state index contributed by atoms with van der Waals surface area (Å²) in [6.45, 7) is 19.0. The molecule has 2 N–H and O–H groups in total. The predicted octanol–water partition coefficient (Wildman–Crippen LogP) is 6.25. The number of carbonyl (C=O) groups is 3. The van der Waals surface area contributed by atoms with Crippen molar-refractivity contribution < 1.29 is 19.1 Å². The first-order valence-electron chi connectivity index (χ1n) is 13.1. The van der Waals surface area contributed by atoms with Gasteiger partial charge in [0.2, 0.25) is 5.91 Å². The van der Waals surface area contributed by atoms with Gasteiger partial charge in [0.1, 0.15) is 17.7 Å². The number of nitrogens with one attached hydrogen (secondary N) is 2. The van der Waals surface area contributed by atoms with Crippen molar-refractivity contribution in [1.29, 1.82) is 0 Å². The molecule has 3 amide bonds. The number of amides is 3. The van der Waals surface area contributed by atoms with Crippen molar-refractivity contribution in [3.05, 3.63) is 77.4 Å². The van der Waals surface area contributed by atoms with Crippen LogP contribution in [0.2, 0.25) is 0 Å². The minimum atomic E-state index is -0.949. The highest BCUT2D eigenvalue weighted by Crippen LogP contribution is 2.28. The Balaban J connectivity index is 2.53. The second kappa shape index (κ2) is 13.3. The minimum Gasteiger partial charge on any atom is -0.444 e. The third-order valence-electron chi connectivity index (χ3n) is 5.99. The lowest BCUT2D eigenvalue weighted by atomic mass is 9.98. The van der Waals surface area contributed by atoms with Crippen LogP contribution >= 0.6 is 0 Å². The number of nitrogens with zero attached hydrogens (tertiary/aromatic N) is 1. The van der Waals surface area contributed by atoms with E-state index in [-0.39, 0.29) is 24.3 Å². The predicted molar refractivity (Wildman–Crippen MR) is 153 cm³/mol. The Morgan fingerprint density at radius 1 is 1.00 bits per heavy atom. The van der Waals surface area contributed by atoms with Crippen LogP contribution in [0.3, 0.4) is 0 Å². The summed E-state index contributed by atoms with van der Waals surface area (Å²) in [5.74, 6) is -0.626. The summed E-state index contributed by atoms with van der Waals surface area (Å²) in [4.78, 5) is 42.1. The molecule has 0 aliphatic heterocycles. The summed E-state index contributed by atoms with van der Waals surface area (Å²) in [6.07, 6.45) is 1.29. The maximum absolute atomic E-state index is 14.1. The first-order valence-corrected chi connectivity index (χ1v) is 13.1. The molecule has 2 atom stereocenters. The zero-order chi connectivity index (χ0) is 28.6. The molecule has 206 valence electrons. The molecule has 0 aliphatic rings. The van der Waals surface area contributed by atoms with Gasteiger partial charge in [-0.05, 0) is 70.6 Å². The quantitative estimate of drug-likeness (QED) is 0.362. The van der Waals surface area contributed by atoms with Gasteiger partial charge in [0.25, 0.3) is 5.91 Å². The van der Waals surface area contributed by atoms with Gasteiger partial charge < -0.3 is 20.3 Å². The van der Waals surface area contributed by atoms with E-state index in [1.165, 1.54) is 4.90 Å². The number of carbonyl (C=O) groups excluding carboxylic acids is 3. The highest BCUT2D eigenvalue weighted by molar-refractivity contribution is 6.00. The summed E-state index contributed by atoms with van der Waals surface area (Å²) >= 11 is 0. The van der Waals surface area contributed by atoms with Gasteiger partial charge in [-0.2, -0.15) is 0 Å². The fourth-order valence-corrected chi connectivity index (χ4v) is 4.23. The molecule has 7 heteroatoms. The molecule has 2 aromatic rings. The van der Waals surface area contributed by atoms with Crippen molar-refractivity contribution in [2.24, 2.45) is 5.92 Å². The second-order valence-corrected chi connectivity index (χ2v) is 11.2. The summed E-state index contributed by atoms with van der Waals surface area (Å²) in [5.41, 5.74) is 3.54. The smallest absolute Gasteiger partial charge is 0.408 e. The summed E-state index contributed by atoms with van der Waals surface area (Å²) in [6, 6.07) is 11.5. The summed E-state index contributed by atoms with van der Waals surface area (Å²) in [7, 11) is 0. The minimum absolute atomic E-state index is 0.103. The molecule has 7 nitrogen and oxygen atoms in total. The van der Waals surface area contributed by atoms with Gasteiger partial charge in [0.05, 0.1) is 0 Å². The molecule has 2 rings (SSSR count). The number of rotatable bonds is 10. The largest absolute Gasteiger partial charge is 0.444 e. The Hall–Kier alpha value is -3.61. The van der Waals surface area contributed by atoms with Crippen molar-refractivity contribution >= 4 is 23.6 Å². The monoisotopic (exact) mass is 521 g/mol. The van der Waals surface area contributed by atoms with Crippen molar-refractivity contribution in [3.8, 4) is 0 Å². The molecule has 0 saturated heterocycles. The number of hydrogen-bond acceptors (Lipinski definition) is 4. The van der Waals surface area contributed by atoms with E-state index in [1.807, 2.05) is 77.1 Å². The molecule has 2 aromatic carbocycles.